The number of carbonyl (C=O) groups is 3. The maximum Gasteiger partial charge on any atom is 0.287 e. The minimum Gasteiger partial charge on any atom is -0.363 e. The average Bonchev–Trinajstić information content (AvgIpc) is 3.14. The number of pyridine rings is 1. The predicted molar refractivity (Wildman–Crippen MR) is 106 cm³/mol. The summed E-state index contributed by atoms with van der Waals surface area (Å²) in [5.74, 6) is -2.04. The van der Waals surface area contributed by atoms with Crippen molar-refractivity contribution in [3.8, 4) is 11.9 Å². The van der Waals surface area contributed by atoms with Gasteiger partial charge in [-0.3, -0.25) is 19.0 Å². The van der Waals surface area contributed by atoms with Gasteiger partial charge in [0.1, 0.15) is 23.6 Å². The summed E-state index contributed by atoms with van der Waals surface area (Å²) in [5, 5.41) is 11.9. The number of benzene rings is 1. The summed E-state index contributed by atoms with van der Waals surface area (Å²) in [6.07, 6.45) is 2.90. The average molecular weight is 402 g/mol. The fourth-order valence-corrected chi connectivity index (χ4v) is 3.00. The van der Waals surface area contributed by atoms with Gasteiger partial charge in [-0.1, -0.05) is 30.3 Å². The molecule has 0 saturated heterocycles. The zero-order valence-electron chi connectivity index (χ0n) is 16.1. The number of imidazole rings is 1. The third kappa shape index (κ3) is 4.23. The van der Waals surface area contributed by atoms with Crippen molar-refractivity contribution in [2.75, 3.05) is 0 Å². The lowest BCUT2D eigenvalue weighted by Gasteiger charge is -2.17. The van der Waals surface area contributed by atoms with Gasteiger partial charge in [-0.25, -0.2) is 9.97 Å². The van der Waals surface area contributed by atoms with E-state index in [9.17, 15) is 19.6 Å². The van der Waals surface area contributed by atoms with E-state index in [1.165, 1.54) is 17.0 Å². The number of primary amides is 1. The highest BCUT2D eigenvalue weighted by Gasteiger charge is 2.28. The largest absolute Gasteiger partial charge is 0.363 e. The lowest BCUT2D eigenvalue weighted by Crippen LogP contribution is -2.47. The molecule has 1 unspecified atom stereocenters. The van der Waals surface area contributed by atoms with E-state index in [1.807, 2.05) is 12.1 Å². The van der Waals surface area contributed by atoms with Crippen molar-refractivity contribution in [2.45, 2.75) is 19.4 Å². The molecule has 30 heavy (non-hydrogen) atoms. The molecule has 0 aliphatic carbocycles. The fraction of sp³-hybridized carbons (Fsp3) is 0.143. The third-order valence-electron chi connectivity index (χ3n) is 4.44. The number of aryl methyl sites for hydroxylation is 1. The summed E-state index contributed by atoms with van der Waals surface area (Å²) in [6.45, 7) is 1.66. The molecule has 2 amide bonds. The van der Waals surface area contributed by atoms with E-state index in [0.717, 1.165) is 5.56 Å². The van der Waals surface area contributed by atoms with Gasteiger partial charge in [0.15, 0.2) is 5.82 Å². The van der Waals surface area contributed by atoms with Gasteiger partial charge < -0.3 is 11.1 Å². The van der Waals surface area contributed by atoms with Gasteiger partial charge in [0.2, 0.25) is 5.78 Å². The van der Waals surface area contributed by atoms with Crippen LogP contribution in [0.15, 0.2) is 54.9 Å². The Morgan fingerprint density at radius 1 is 1.17 bits per heavy atom. The molecular formula is C21H18N6O3. The number of hydrogen-bond donors (Lipinski definition) is 2. The summed E-state index contributed by atoms with van der Waals surface area (Å²) in [6, 6.07) is 13.0. The van der Waals surface area contributed by atoms with E-state index in [0.29, 0.717) is 5.82 Å². The van der Waals surface area contributed by atoms with Crippen LogP contribution in [0.3, 0.4) is 0 Å². The van der Waals surface area contributed by atoms with Crippen molar-refractivity contribution in [1.29, 1.82) is 5.26 Å². The number of nitrogens with one attached hydrogen (secondary N) is 1. The summed E-state index contributed by atoms with van der Waals surface area (Å²) in [4.78, 5) is 45.1. The summed E-state index contributed by atoms with van der Waals surface area (Å²) >= 11 is 0. The van der Waals surface area contributed by atoms with E-state index in [4.69, 9.17) is 5.73 Å². The highest BCUT2D eigenvalue weighted by atomic mass is 16.2. The maximum absolute atomic E-state index is 13.0. The minimum atomic E-state index is -1.15. The van der Waals surface area contributed by atoms with Crippen LogP contribution in [0.25, 0.3) is 5.82 Å². The number of nitrogens with two attached hydrogens (primary N) is 1. The van der Waals surface area contributed by atoms with Crippen LogP contribution in [0.4, 0.5) is 0 Å². The van der Waals surface area contributed by atoms with Gasteiger partial charge in [-0.05, 0) is 24.6 Å². The van der Waals surface area contributed by atoms with Gasteiger partial charge in [0.25, 0.3) is 11.8 Å². The number of carbonyl (C=O) groups excluding carboxylic acids is 3. The van der Waals surface area contributed by atoms with Crippen LogP contribution in [-0.4, -0.2) is 38.2 Å². The summed E-state index contributed by atoms with van der Waals surface area (Å²) < 4.78 is 1.42. The lowest BCUT2D eigenvalue weighted by molar-refractivity contribution is -0.137. The molecule has 3 N–H and O–H groups in total. The van der Waals surface area contributed by atoms with Crippen LogP contribution in [0, 0.1) is 18.3 Å². The molecule has 1 aromatic carbocycles. The Balaban J connectivity index is 1.95. The van der Waals surface area contributed by atoms with Crippen molar-refractivity contribution < 1.29 is 14.4 Å². The van der Waals surface area contributed by atoms with Crippen molar-refractivity contribution in [3.05, 3.63) is 77.5 Å². The van der Waals surface area contributed by atoms with Crippen LogP contribution in [0.2, 0.25) is 0 Å². The minimum absolute atomic E-state index is 0.0676. The molecule has 0 saturated carbocycles. The van der Waals surface area contributed by atoms with Gasteiger partial charge in [0, 0.05) is 12.6 Å². The zero-order chi connectivity index (χ0) is 21.7. The molecule has 0 bridgehead atoms. The van der Waals surface area contributed by atoms with Crippen LogP contribution in [0.5, 0.6) is 0 Å². The van der Waals surface area contributed by atoms with Crippen LogP contribution in [0.1, 0.15) is 27.4 Å². The molecule has 9 nitrogen and oxygen atoms in total. The van der Waals surface area contributed by atoms with Crippen molar-refractivity contribution in [3.63, 3.8) is 0 Å². The molecule has 0 aliphatic heterocycles. The molecule has 3 aromatic rings. The smallest absolute Gasteiger partial charge is 0.287 e. The van der Waals surface area contributed by atoms with E-state index in [1.54, 1.807) is 43.3 Å². The Hall–Kier alpha value is -4.32. The second kappa shape index (κ2) is 8.79. The summed E-state index contributed by atoms with van der Waals surface area (Å²) in [7, 11) is 0. The van der Waals surface area contributed by atoms with Crippen LogP contribution < -0.4 is 11.1 Å². The predicted octanol–water partition coefficient (Wildman–Crippen LogP) is 0.843. The van der Waals surface area contributed by atoms with Crippen LogP contribution >= 0.6 is 0 Å². The lowest BCUT2D eigenvalue weighted by atomic mass is 10.0. The number of amides is 2. The van der Waals surface area contributed by atoms with E-state index >= 15 is 0 Å². The van der Waals surface area contributed by atoms with Crippen molar-refractivity contribution >= 4 is 17.6 Å². The molecule has 2 aromatic heterocycles. The van der Waals surface area contributed by atoms with Crippen molar-refractivity contribution in [1.82, 2.24) is 19.9 Å². The molecule has 0 aliphatic rings. The van der Waals surface area contributed by atoms with Gasteiger partial charge in [-0.15, -0.1) is 0 Å². The molecular weight excluding hydrogens is 384 g/mol. The SMILES string of the molecule is Cc1ncc(C(=O)NC(Cc2ccccc2)C(=O)C(N)=O)n1-c1ncccc1C#N. The number of hydrogen-bond acceptors (Lipinski definition) is 6. The van der Waals surface area contributed by atoms with Gasteiger partial charge >= 0.3 is 0 Å². The Bertz CT molecular complexity index is 1150. The van der Waals surface area contributed by atoms with E-state index in [-0.39, 0.29) is 23.5 Å². The molecule has 1 atom stereocenters. The summed E-state index contributed by atoms with van der Waals surface area (Å²) in [5.41, 5.74) is 6.23. The molecule has 0 radical (unpaired) electrons. The number of Topliss-reactive ketones (excluding diaryl/α,β-unsaturated/α-hetero) is 1. The number of nitriles is 1. The Morgan fingerprint density at radius 2 is 1.90 bits per heavy atom. The quantitative estimate of drug-likeness (QED) is 0.561. The first-order valence-electron chi connectivity index (χ1n) is 9.00. The normalized spacial score (nSPS) is 11.3. The highest BCUT2D eigenvalue weighted by Crippen LogP contribution is 2.17. The first-order valence-corrected chi connectivity index (χ1v) is 9.00. The van der Waals surface area contributed by atoms with Gasteiger partial charge in [0.05, 0.1) is 11.8 Å². The first-order chi connectivity index (χ1) is 14.4. The molecule has 0 spiro atoms. The van der Waals surface area contributed by atoms with Crippen molar-refractivity contribution in [2.24, 2.45) is 5.73 Å². The maximum atomic E-state index is 13.0. The Morgan fingerprint density at radius 3 is 2.57 bits per heavy atom. The van der Waals surface area contributed by atoms with E-state index < -0.39 is 23.6 Å². The molecule has 0 fully saturated rings. The Kier molecular flexibility index (Phi) is 5.98. The molecule has 2 heterocycles. The van der Waals surface area contributed by atoms with Gasteiger partial charge in [-0.2, -0.15) is 5.26 Å². The first kappa shape index (κ1) is 20.4. The third-order valence-corrected chi connectivity index (χ3v) is 4.44. The molecule has 9 heteroatoms. The number of aromatic nitrogens is 3. The van der Waals surface area contributed by atoms with E-state index in [2.05, 4.69) is 15.3 Å². The number of rotatable bonds is 7. The Labute approximate surface area is 172 Å². The monoisotopic (exact) mass is 402 g/mol. The second-order valence-corrected chi connectivity index (χ2v) is 6.46. The zero-order valence-corrected chi connectivity index (χ0v) is 16.1. The fourth-order valence-electron chi connectivity index (χ4n) is 3.00. The highest BCUT2D eigenvalue weighted by molar-refractivity contribution is 6.38. The molecule has 3 rings (SSSR count). The van der Waals surface area contributed by atoms with Crippen LogP contribution in [-0.2, 0) is 16.0 Å². The molecule has 150 valence electrons. The number of ketones is 1. The topological polar surface area (TPSA) is 144 Å². The second-order valence-electron chi connectivity index (χ2n) is 6.46. The standard InChI is InChI=1S/C21H18N6O3/c1-13-25-12-17(27(13)20-15(11-22)8-5-9-24-20)21(30)26-16(18(28)19(23)29)10-14-6-3-2-4-7-14/h2-9,12,16H,10H2,1H3,(H2,23,29)(H,26,30). The number of nitrogens with zero attached hydrogens (tertiary/aromatic N) is 4.